The largest absolute Gasteiger partial charge is 0.497 e. The van der Waals surface area contributed by atoms with Crippen LogP contribution in [0, 0.1) is 5.92 Å². The van der Waals surface area contributed by atoms with Gasteiger partial charge in [0.25, 0.3) is 0 Å². The van der Waals surface area contributed by atoms with E-state index in [0.29, 0.717) is 6.54 Å². The third-order valence-corrected chi connectivity index (χ3v) is 3.89. The maximum atomic E-state index is 5.71. The zero-order valence-electron chi connectivity index (χ0n) is 15.0. The third-order valence-electron chi connectivity index (χ3n) is 3.89. The molecule has 0 aromatic heterocycles. The van der Waals surface area contributed by atoms with Crippen LogP contribution in [0.15, 0.2) is 29.3 Å². The van der Waals surface area contributed by atoms with Gasteiger partial charge in [-0.25, -0.2) is 4.99 Å². The van der Waals surface area contributed by atoms with Crippen LogP contribution < -0.4 is 10.1 Å². The summed E-state index contributed by atoms with van der Waals surface area (Å²) in [6.45, 7) is 6.10. The van der Waals surface area contributed by atoms with Crippen molar-refractivity contribution in [1.82, 2.24) is 10.2 Å². The van der Waals surface area contributed by atoms with Gasteiger partial charge in [-0.1, -0.05) is 12.1 Å². The van der Waals surface area contributed by atoms with Crippen LogP contribution in [0.3, 0.4) is 0 Å². The van der Waals surface area contributed by atoms with E-state index in [0.717, 1.165) is 43.9 Å². The number of ether oxygens (including phenoxy) is 2. The Kier molecular flexibility index (Phi) is 10.1. The molecule has 1 saturated carbocycles. The number of nitrogens with one attached hydrogen (secondary N) is 1. The molecular formula is C18H30IN3O2. The number of hydrogen-bond acceptors (Lipinski definition) is 3. The molecule has 1 aromatic rings. The molecule has 24 heavy (non-hydrogen) atoms. The summed E-state index contributed by atoms with van der Waals surface area (Å²) in [7, 11) is 3.73. The van der Waals surface area contributed by atoms with Crippen LogP contribution in [0.2, 0.25) is 0 Å². The minimum Gasteiger partial charge on any atom is -0.497 e. The Labute approximate surface area is 162 Å². The van der Waals surface area contributed by atoms with Gasteiger partial charge in [-0.15, -0.1) is 24.0 Å². The van der Waals surface area contributed by atoms with Crippen LogP contribution in [0.5, 0.6) is 5.75 Å². The summed E-state index contributed by atoms with van der Waals surface area (Å²) in [6.07, 6.45) is 2.67. The van der Waals surface area contributed by atoms with Gasteiger partial charge in [-0.3, -0.25) is 0 Å². The van der Waals surface area contributed by atoms with E-state index in [1.165, 1.54) is 18.4 Å². The SMILES string of the molecule is CCNC(=NCc1ccc(OC)cc1)N(C)CCOCC1CC1.I. The van der Waals surface area contributed by atoms with Crippen molar-refractivity contribution in [3.8, 4) is 5.75 Å². The normalized spacial score (nSPS) is 14.0. The van der Waals surface area contributed by atoms with Crippen LogP contribution in [0.4, 0.5) is 0 Å². The molecule has 1 aromatic carbocycles. The van der Waals surface area contributed by atoms with E-state index in [4.69, 9.17) is 14.5 Å². The quantitative estimate of drug-likeness (QED) is 0.274. The first-order valence-corrected chi connectivity index (χ1v) is 8.43. The molecule has 0 bridgehead atoms. The molecular weight excluding hydrogens is 417 g/mol. The molecule has 0 heterocycles. The number of guanidine groups is 1. The highest BCUT2D eigenvalue weighted by molar-refractivity contribution is 14.0. The minimum atomic E-state index is 0. The number of benzene rings is 1. The Balaban J connectivity index is 0.00000288. The van der Waals surface area contributed by atoms with Crippen molar-refractivity contribution < 1.29 is 9.47 Å². The molecule has 6 heteroatoms. The smallest absolute Gasteiger partial charge is 0.194 e. The lowest BCUT2D eigenvalue weighted by atomic mass is 10.2. The average Bonchev–Trinajstić information content (AvgIpc) is 3.40. The molecule has 5 nitrogen and oxygen atoms in total. The topological polar surface area (TPSA) is 46.1 Å². The molecule has 2 rings (SSSR count). The first kappa shape index (κ1) is 21.0. The van der Waals surface area contributed by atoms with E-state index >= 15 is 0 Å². The number of aliphatic imine (C=N–C) groups is 1. The molecule has 136 valence electrons. The number of hydrogen-bond donors (Lipinski definition) is 1. The standard InChI is InChI=1S/C18H29N3O2.HI/c1-4-19-18(21(2)11-12-23-14-16-5-6-16)20-13-15-7-9-17(22-3)10-8-15;/h7-10,16H,4-6,11-14H2,1-3H3,(H,19,20);1H. The third kappa shape index (κ3) is 7.70. The fourth-order valence-electron chi connectivity index (χ4n) is 2.21. The molecule has 1 aliphatic carbocycles. The summed E-state index contributed by atoms with van der Waals surface area (Å²) in [5.74, 6) is 2.60. The monoisotopic (exact) mass is 447 g/mol. The molecule has 1 N–H and O–H groups in total. The Bertz CT molecular complexity index is 490. The maximum absolute atomic E-state index is 5.71. The van der Waals surface area contributed by atoms with Gasteiger partial charge in [0, 0.05) is 26.7 Å². The predicted molar refractivity (Wildman–Crippen MR) is 109 cm³/mol. The van der Waals surface area contributed by atoms with Gasteiger partial charge in [-0.05, 0) is 43.4 Å². The summed E-state index contributed by atoms with van der Waals surface area (Å²) in [5, 5.41) is 3.33. The predicted octanol–water partition coefficient (Wildman–Crippen LogP) is 3.14. The zero-order valence-corrected chi connectivity index (χ0v) is 17.3. The van der Waals surface area contributed by atoms with E-state index in [1.54, 1.807) is 7.11 Å². The van der Waals surface area contributed by atoms with Gasteiger partial charge in [-0.2, -0.15) is 0 Å². The second kappa shape index (κ2) is 11.5. The number of rotatable bonds is 9. The van der Waals surface area contributed by atoms with Crippen LogP contribution in [0.1, 0.15) is 25.3 Å². The van der Waals surface area contributed by atoms with Crippen molar-refractivity contribution >= 4 is 29.9 Å². The summed E-state index contributed by atoms with van der Waals surface area (Å²) in [6, 6.07) is 8.02. The fraction of sp³-hybridized carbons (Fsp3) is 0.611. The summed E-state index contributed by atoms with van der Waals surface area (Å²) < 4.78 is 10.9. The lowest BCUT2D eigenvalue weighted by Gasteiger charge is -2.22. The van der Waals surface area contributed by atoms with Crippen LogP contribution in [-0.2, 0) is 11.3 Å². The highest BCUT2D eigenvalue weighted by Crippen LogP contribution is 2.28. The van der Waals surface area contributed by atoms with Gasteiger partial charge < -0.3 is 19.7 Å². The first-order valence-electron chi connectivity index (χ1n) is 8.43. The Hall–Kier alpha value is -1.02. The molecule has 0 unspecified atom stereocenters. The average molecular weight is 447 g/mol. The molecule has 0 spiro atoms. The van der Waals surface area contributed by atoms with Crippen molar-refractivity contribution in [2.24, 2.45) is 10.9 Å². The maximum Gasteiger partial charge on any atom is 0.194 e. The molecule has 1 fully saturated rings. The van der Waals surface area contributed by atoms with E-state index in [2.05, 4.69) is 24.2 Å². The molecule has 0 atom stereocenters. The second-order valence-electron chi connectivity index (χ2n) is 5.96. The van der Waals surface area contributed by atoms with Crippen molar-refractivity contribution in [2.45, 2.75) is 26.3 Å². The van der Waals surface area contributed by atoms with E-state index in [9.17, 15) is 0 Å². The summed E-state index contributed by atoms with van der Waals surface area (Å²) in [4.78, 5) is 6.83. The Morgan fingerprint density at radius 2 is 2.00 bits per heavy atom. The van der Waals surface area contributed by atoms with E-state index in [1.807, 2.05) is 24.3 Å². The number of nitrogens with zero attached hydrogens (tertiary/aromatic N) is 2. The lowest BCUT2D eigenvalue weighted by molar-refractivity contribution is 0.115. The van der Waals surface area contributed by atoms with Crippen molar-refractivity contribution in [3.05, 3.63) is 29.8 Å². The second-order valence-corrected chi connectivity index (χ2v) is 5.96. The van der Waals surface area contributed by atoms with Crippen molar-refractivity contribution in [2.75, 3.05) is 40.5 Å². The zero-order chi connectivity index (χ0) is 16.5. The Morgan fingerprint density at radius 1 is 1.29 bits per heavy atom. The van der Waals surface area contributed by atoms with E-state index in [-0.39, 0.29) is 24.0 Å². The summed E-state index contributed by atoms with van der Waals surface area (Å²) in [5.41, 5.74) is 1.17. The fourth-order valence-corrected chi connectivity index (χ4v) is 2.21. The first-order chi connectivity index (χ1) is 11.2. The number of halogens is 1. The van der Waals surface area contributed by atoms with Gasteiger partial charge in [0.1, 0.15) is 5.75 Å². The molecule has 0 radical (unpaired) electrons. The van der Waals surface area contributed by atoms with E-state index < -0.39 is 0 Å². The highest BCUT2D eigenvalue weighted by Gasteiger charge is 2.21. The van der Waals surface area contributed by atoms with Crippen molar-refractivity contribution in [3.63, 3.8) is 0 Å². The van der Waals surface area contributed by atoms with Crippen LogP contribution in [0.25, 0.3) is 0 Å². The van der Waals surface area contributed by atoms with Gasteiger partial charge in [0.05, 0.1) is 20.3 Å². The highest BCUT2D eigenvalue weighted by atomic mass is 127. The molecule has 1 aliphatic rings. The van der Waals surface area contributed by atoms with Crippen LogP contribution in [-0.4, -0.2) is 51.3 Å². The van der Waals surface area contributed by atoms with Gasteiger partial charge in [0.15, 0.2) is 5.96 Å². The van der Waals surface area contributed by atoms with Crippen LogP contribution >= 0.6 is 24.0 Å². The number of methoxy groups -OCH3 is 1. The van der Waals surface area contributed by atoms with Gasteiger partial charge >= 0.3 is 0 Å². The molecule has 0 saturated heterocycles. The molecule has 0 amide bonds. The minimum absolute atomic E-state index is 0. The lowest BCUT2D eigenvalue weighted by Crippen LogP contribution is -2.40. The Morgan fingerprint density at radius 3 is 2.58 bits per heavy atom. The number of likely N-dealkylation sites (N-methyl/N-ethyl adjacent to an activating group) is 1. The molecule has 0 aliphatic heterocycles. The summed E-state index contributed by atoms with van der Waals surface area (Å²) >= 11 is 0. The van der Waals surface area contributed by atoms with Gasteiger partial charge in [0.2, 0.25) is 0 Å². The van der Waals surface area contributed by atoms with Crippen molar-refractivity contribution in [1.29, 1.82) is 0 Å².